The van der Waals surface area contributed by atoms with Crippen LogP contribution in [0, 0.1) is 5.92 Å². The Bertz CT molecular complexity index is 529. The number of amides is 2. The zero-order valence-electron chi connectivity index (χ0n) is 14.4. The second-order valence-electron chi connectivity index (χ2n) is 6.93. The summed E-state index contributed by atoms with van der Waals surface area (Å²) in [5, 5.41) is 5.66. The molecule has 0 spiro atoms. The molecule has 1 aliphatic heterocycles. The lowest BCUT2D eigenvalue weighted by molar-refractivity contribution is 0.168. The molecule has 0 aromatic carbocycles. The number of carbonyl (C=O) groups is 1. The van der Waals surface area contributed by atoms with Gasteiger partial charge in [-0.15, -0.1) is 0 Å². The third-order valence-corrected chi connectivity index (χ3v) is 4.04. The molecule has 1 saturated heterocycles. The predicted molar refractivity (Wildman–Crippen MR) is 89.2 cm³/mol. The molecule has 0 radical (unpaired) electrons. The molecule has 0 aliphatic carbocycles. The first-order chi connectivity index (χ1) is 10.9. The van der Waals surface area contributed by atoms with E-state index in [0.717, 1.165) is 25.2 Å². The van der Waals surface area contributed by atoms with Crippen molar-refractivity contribution in [2.45, 2.75) is 39.3 Å². The summed E-state index contributed by atoms with van der Waals surface area (Å²) in [6, 6.07) is 1.47. The lowest BCUT2D eigenvalue weighted by Gasteiger charge is -2.31. The van der Waals surface area contributed by atoms with Crippen LogP contribution in [0.15, 0.2) is 12.4 Å². The van der Waals surface area contributed by atoms with Crippen molar-refractivity contribution < 1.29 is 9.53 Å². The summed E-state index contributed by atoms with van der Waals surface area (Å²) >= 11 is 0. The fourth-order valence-corrected chi connectivity index (χ4v) is 2.70. The summed E-state index contributed by atoms with van der Waals surface area (Å²) in [5.41, 5.74) is 0.921. The van der Waals surface area contributed by atoms with Gasteiger partial charge in [-0.1, -0.05) is 0 Å². The molecule has 1 unspecified atom stereocenters. The molecule has 0 bridgehead atoms. The van der Waals surface area contributed by atoms with Crippen molar-refractivity contribution in [3.05, 3.63) is 18.1 Å². The van der Waals surface area contributed by atoms with Gasteiger partial charge in [-0.25, -0.2) is 14.8 Å². The fraction of sp³-hybridized carbons (Fsp3) is 0.688. The Balaban J connectivity index is 1.77. The predicted octanol–water partition coefficient (Wildman–Crippen LogP) is 1.86. The molecule has 2 N–H and O–H groups in total. The normalized spacial score (nSPS) is 18.9. The summed E-state index contributed by atoms with van der Waals surface area (Å²) in [6.07, 6.45) is 2.53. The minimum absolute atomic E-state index is 0.190. The van der Waals surface area contributed by atoms with Crippen molar-refractivity contribution in [1.29, 1.82) is 0 Å². The first-order valence-corrected chi connectivity index (χ1v) is 7.98. The number of urea groups is 1. The minimum atomic E-state index is -0.235. The highest BCUT2D eigenvalue weighted by molar-refractivity contribution is 5.88. The molecule has 1 aromatic heterocycles. The number of methoxy groups -OCH3 is 1. The van der Waals surface area contributed by atoms with Gasteiger partial charge in [0.2, 0.25) is 0 Å². The molecule has 23 heavy (non-hydrogen) atoms. The average molecular weight is 321 g/mol. The number of carbonyl (C=O) groups excluding carboxylic acids is 1. The standard InChI is InChI=1S/C16H27N5O2/c1-16(2,3)21-6-5-12(9-21)8-17-15(22)20-14-7-13(10-23-4)18-11-19-14/h7,11-12H,5-6,8-10H2,1-4H3,(H2,17,18,19,20,22). The molecule has 1 atom stereocenters. The van der Waals surface area contributed by atoms with E-state index < -0.39 is 0 Å². The smallest absolute Gasteiger partial charge is 0.320 e. The highest BCUT2D eigenvalue weighted by Gasteiger charge is 2.30. The van der Waals surface area contributed by atoms with Gasteiger partial charge in [-0.05, 0) is 39.7 Å². The molecule has 2 heterocycles. The average Bonchev–Trinajstić information content (AvgIpc) is 2.95. The van der Waals surface area contributed by atoms with Crippen LogP contribution in [0.1, 0.15) is 32.9 Å². The summed E-state index contributed by atoms with van der Waals surface area (Å²) in [4.78, 5) is 22.5. The Hall–Kier alpha value is -1.73. The van der Waals surface area contributed by atoms with Crippen molar-refractivity contribution in [2.24, 2.45) is 5.92 Å². The topological polar surface area (TPSA) is 79.4 Å². The van der Waals surface area contributed by atoms with Crippen molar-refractivity contribution >= 4 is 11.8 Å². The summed E-state index contributed by atoms with van der Waals surface area (Å²) in [6.45, 7) is 9.85. The van der Waals surface area contributed by atoms with E-state index in [2.05, 4.69) is 46.3 Å². The lowest BCUT2D eigenvalue weighted by Crippen LogP contribution is -2.40. The maximum atomic E-state index is 12.0. The third-order valence-electron chi connectivity index (χ3n) is 4.04. The van der Waals surface area contributed by atoms with Crippen molar-refractivity contribution in [3.63, 3.8) is 0 Å². The monoisotopic (exact) mass is 321 g/mol. The van der Waals surface area contributed by atoms with Gasteiger partial charge < -0.3 is 10.1 Å². The third kappa shape index (κ3) is 5.44. The van der Waals surface area contributed by atoms with Crippen LogP contribution in [0.25, 0.3) is 0 Å². The number of hydrogen-bond donors (Lipinski definition) is 2. The molecule has 2 amide bonds. The van der Waals surface area contributed by atoms with Crippen LogP contribution in [0.4, 0.5) is 10.6 Å². The molecular weight excluding hydrogens is 294 g/mol. The highest BCUT2D eigenvalue weighted by atomic mass is 16.5. The number of aromatic nitrogens is 2. The molecule has 1 aromatic rings. The minimum Gasteiger partial charge on any atom is -0.378 e. The Kier molecular flexibility index (Phi) is 5.90. The Morgan fingerprint density at radius 3 is 2.87 bits per heavy atom. The molecule has 0 saturated carbocycles. The van der Waals surface area contributed by atoms with Crippen LogP contribution >= 0.6 is 0 Å². The van der Waals surface area contributed by atoms with Crippen LogP contribution in [0.2, 0.25) is 0 Å². The second-order valence-corrected chi connectivity index (χ2v) is 6.93. The Labute approximate surface area is 137 Å². The van der Waals surface area contributed by atoms with Crippen LogP contribution in [0.5, 0.6) is 0 Å². The van der Waals surface area contributed by atoms with E-state index in [4.69, 9.17) is 4.74 Å². The zero-order valence-corrected chi connectivity index (χ0v) is 14.4. The van der Waals surface area contributed by atoms with Crippen LogP contribution in [0.3, 0.4) is 0 Å². The van der Waals surface area contributed by atoms with E-state index in [0.29, 0.717) is 24.9 Å². The van der Waals surface area contributed by atoms with Gasteiger partial charge >= 0.3 is 6.03 Å². The van der Waals surface area contributed by atoms with Crippen LogP contribution < -0.4 is 10.6 Å². The molecule has 128 valence electrons. The van der Waals surface area contributed by atoms with Gasteiger partial charge in [0.1, 0.15) is 12.1 Å². The fourth-order valence-electron chi connectivity index (χ4n) is 2.70. The van der Waals surface area contributed by atoms with Crippen LogP contribution in [-0.4, -0.2) is 53.2 Å². The van der Waals surface area contributed by atoms with E-state index in [1.54, 1.807) is 13.2 Å². The van der Waals surface area contributed by atoms with Gasteiger partial charge in [-0.3, -0.25) is 10.2 Å². The van der Waals surface area contributed by atoms with E-state index in [1.165, 1.54) is 6.33 Å². The summed E-state index contributed by atoms with van der Waals surface area (Å²) < 4.78 is 5.02. The Morgan fingerprint density at radius 1 is 1.43 bits per heavy atom. The summed E-state index contributed by atoms with van der Waals surface area (Å²) in [5.74, 6) is 0.974. The van der Waals surface area contributed by atoms with Gasteiger partial charge in [0.05, 0.1) is 12.3 Å². The second kappa shape index (κ2) is 7.70. The van der Waals surface area contributed by atoms with E-state index in [1.807, 2.05) is 0 Å². The number of likely N-dealkylation sites (tertiary alicyclic amines) is 1. The quantitative estimate of drug-likeness (QED) is 0.865. The number of anilines is 1. The van der Waals surface area contributed by atoms with Crippen molar-refractivity contribution in [1.82, 2.24) is 20.2 Å². The van der Waals surface area contributed by atoms with Crippen molar-refractivity contribution in [2.75, 3.05) is 32.1 Å². The molecule has 1 fully saturated rings. The zero-order chi connectivity index (χ0) is 16.9. The van der Waals surface area contributed by atoms with Crippen molar-refractivity contribution in [3.8, 4) is 0 Å². The number of ether oxygens (including phenoxy) is 1. The first kappa shape index (κ1) is 17.6. The SMILES string of the molecule is COCc1cc(NC(=O)NCC2CCN(C(C)(C)C)C2)ncn1. The van der Waals surface area contributed by atoms with E-state index in [-0.39, 0.29) is 11.6 Å². The van der Waals surface area contributed by atoms with E-state index >= 15 is 0 Å². The number of rotatable bonds is 5. The van der Waals surface area contributed by atoms with Gasteiger partial charge in [-0.2, -0.15) is 0 Å². The van der Waals surface area contributed by atoms with Gasteiger partial charge in [0.15, 0.2) is 0 Å². The molecule has 7 nitrogen and oxygen atoms in total. The largest absolute Gasteiger partial charge is 0.378 e. The van der Waals surface area contributed by atoms with Crippen LogP contribution in [-0.2, 0) is 11.3 Å². The molecular formula is C16H27N5O2. The van der Waals surface area contributed by atoms with E-state index in [9.17, 15) is 4.79 Å². The molecule has 2 rings (SSSR count). The highest BCUT2D eigenvalue weighted by Crippen LogP contribution is 2.23. The van der Waals surface area contributed by atoms with Gasteiger partial charge in [0.25, 0.3) is 0 Å². The van der Waals surface area contributed by atoms with Gasteiger partial charge in [0, 0.05) is 31.8 Å². The number of hydrogen-bond acceptors (Lipinski definition) is 5. The summed E-state index contributed by atoms with van der Waals surface area (Å²) in [7, 11) is 1.60. The Morgan fingerprint density at radius 2 is 2.22 bits per heavy atom. The number of nitrogens with zero attached hydrogens (tertiary/aromatic N) is 3. The lowest BCUT2D eigenvalue weighted by atomic mass is 10.1. The molecule has 7 heteroatoms. The number of nitrogens with one attached hydrogen (secondary N) is 2. The maximum Gasteiger partial charge on any atom is 0.320 e. The maximum absolute atomic E-state index is 12.0. The molecule has 1 aliphatic rings. The first-order valence-electron chi connectivity index (χ1n) is 7.98.